The molecule has 1 N–H and O–H groups in total. The van der Waals surface area contributed by atoms with E-state index in [1.54, 1.807) is 13.8 Å². The number of non-ortho nitro benzene ring substituents is 1. The third-order valence-electron chi connectivity index (χ3n) is 5.12. The number of hydrogen-bond donors (Lipinski definition) is 1. The summed E-state index contributed by atoms with van der Waals surface area (Å²) in [4.78, 5) is 39.7. The van der Waals surface area contributed by atoms with Gasteiger partial charge in [0.05, 0.1) is 39.8 Å². The summed E-state index contributed by atoms with van der Waals surface area (Å²) >= 11 is 0. The molecule has 1 heterocycles. The van der Waals surface area contributed by atoms with Gasteiger partial charge in [-0.2, -0.15) is 4.31 Å². The summed E-state index contributed by atoms with van der Waals surface area (Å²) in [6.45, 7) is 3.59. The second kappa shape index (κ2) is 9.97. The number of carbonyl (C=O) groups is 1. The fourth-order valence-electron chi connectivity index (χ4n) is 3.38. The van der Waals surface area contributed by atoms with Crippen molar-refractivity contribution in [3.8, 4) is 5.75 Å². The first-order valence-electron chi connectivity index (χ1n) is 10.2. The van der Waals surface area contributed by atoms with Crippen LogP contribution in [0.15, 0.2) is 52.4 Å². The van der Waals surface area contributed by atoms with Crippen LogP contribution >= 0.6 is 0 Å². The van der Waals surface area contributed by atoms with Gasteiger partial charge in [0.1, 0.15) is 12.3 Å². The summed E-state index contributed by atoms with van der Waals surface area (Å²) in [6, 6.07) is 7.75. The lowest BCUT2D eigenvalue weighted by molar-refractivity contribution is -0.384. The molecule has 0 aliphatic heterocycles. The molecule has 0 saturated heterocycles. The Bertz CT molecular complexity index is 1410. The van der Waals surface area contributed by atoms with Gasteiger partial charge in [-0.25, -0.2) is 13.4 Å². The second-order valence-corrected chi connectivity index (χ2v) is 9.07. The van der Waals surface area contributed by atoms with Gasteiger partial charge < -0.3 is 10.1 Å². The Labute approximate surface area is 195 Å². The van der Waals surface area contributed by atoms with Gasteiger partial charge in [-0.3, -0.25) is 24.3 Å². The number of aromatic nitrogens is 2. The van der Waals surface area contributed by atoms with Crippen molar-refractivity contribution in [3.63, 3.8) is 0 Å². The molecular weight excluding hydrogens is 466 g/mol. The first kappa shape index (κ1) is 24.8. The van der Waals surface area contributed by atoms with E-state index in [0.29, 0.717) is 0 Å². The number of fused-ring (bicyclic) bond motifs is 1. The molecule has 0 aliphatic carbocycles. The minimum absolute atomic E-state index is 0.0153. The second-order valence-electron chi connectivity index (χ2n) is 7.14. The average Bonchev–Trinajstić information content (AvgIpc) is 2.81. The Morgan fingerprint density at radius 3 is 2.53 bits per heavy atom. The van der Waals surface area contributed by atoms with Crippen molar-refractivity contribution in [2.75, 3.05) is 25.5 Å². The molecule has 0 aliphatic rings. The Morgan fingerprint density at radius 2 is 1.91 bits per heavy atom. The number of amides is 1. The van der Waals surface area contributed by atoms with Crippen LogP contribution in [0, 0.1) is 10.1 Å². The van der Waals surface area contributed by atoms with Crippen molar-refractivity contribution in [2.45, 2.75) is 25.3 Å². The van der Waals surface area contributed by atoms with Crippen LogP contribution in [0.1, 0.15) is 13.8 Å². The summed E-state index contributed by atoms with van der Waals surface area (Å²) in [6.07, 6.45) is 1.12. The number of nitro groups is 1. The predicted molar refractivity (Wildman–Crippen MR) is 124 cm³/mol. The molecule has 180 valence electrons. The van der Waals surface area contributed by atoms with Crippen molar-refractivity contribution in [3.05, 3.63) is 63.2 Å². The molecule has 0 spiro atoms. The predicted octanol–water partition coefficient (Wildman–Crippen LogP) is 1.98. The Morgan fingerprint density at radius 1 is 1.21 bits per heavy atom. The molecular formula is C21H23N5O7S. The number of rotatable bonds is 9. The number of nitro benzene ring substituents is 1. The normalized spacial score (nSPS) is 11.5. The molecule has 2 aromatic carbocycles. The van der Waals surface area contributed by atoms with Crippen molar-refractivity contribution < 1.29 is 22.9 Å². The molecule has 3 rings (SSSR count). The number of nitrogens with one attached hydrogen (secondary N) is 1. The van der Waals surface area contributed by atoms with E-state index in [0.717, 1.165) is 10.9 Å². The van der Waals surface area contributed by atoms with Gasteiger partial charge in [0.25, 0.3) is 11.2 Å². The van der Waals surface area contributed by atoms with Gasteiger partial charge in [0.15, 0.2) is 0 Å². The highest BCUT2D eigenvalue weighted by Gasteiger charge is 2.23. The molecule has 3 aromatic rings. The molecule has 34 heavy (non-hydrogen) atoms. The molecule has 1 aromatic heterocycles. The lowest BCUT2D eigenvalue weighted by atomic mass is 10.2. The van der Waals surface area contributed by atoms with Crippen molar-refractivity contribution in [1.29, 1.82) is 0 Å². The van der Waals surface area contributed by atoms with Gasteiger partial charge in [-0.1, -0.05) is 13.8 Å². The molecule has 0 atom stereocenters. The minimum Gasteiger partial charge on any atom is -0.495 e. The van der Waals surface area contributed by atoms with E-state index in [1.165, 1.54) is 47.8 Å². The first-order valence-corrected chi connectivity index (χ1v) is 11.7. The lowest BCUT2D eigenvalue weighted by Gasteiger charge is -2.19. The van der Waals surface area contributed by atoms with Gasteiger partial charge in [-0.15, -0.1) is 0 Å². The summed E-state index contributed by atoms with van der Waals surface area (Å²) < 4.78 is 33.2. The zero-order valence-electron chi connectivity index (χ0n) is 18.7. The maximum Gasteiger partial charge on any atom is 0.271 e. The quantitative estimate of drug-likeness (QED) is 0.354. The van der Waals surface area contributed by atoms with Gasteiger partial charge in [0, 0.05) is 25.2 Å². The monoisotopic (exact) mass is 489 g/mol. The number of methoxy groups -OCH3 is 1. The zero-order valence-corrected chi connectivity index (χ0v) is 19.5. The molecule has 13 heteroatoms. The van der Waals surface area contributed by atoms with Crippen LogP contribution in [0.3, 0.4) is 0 Å². The highest BCUT2D eigenvalue weighted by atomic mass is 32.2. The molecule has 1 amide bonds. The maximum absolute atomic E-state index is 12.8. The number of anilines is 1. The van der Waals surface area contributed by atoms with Crippen molar-refractivity contribution in [1.82, 2.24) is 13.9 Å². The summed E-state index contributed by atoms with van der Waals surface area (Å²) in [5.74, 6) is -0.385. The molecule has 0 radical (unpaired) electrons. The number of carbonyl (C=O) groups excluding carboxylic acids is 1. The smallest absolute Gasteiger partial charge is 0.271 e. The van der Waals surface area contributed by atoms with Crippen LogP contribution < -0.4 is 15.6 Å². The van der Waals surface area contributed by atoms with Gasteiger partial charge in [-0.05, 0) is 24.3 Å². The number of ether oxygens (including phenoxy) is 1. The van der Waals surface area contributed by atoms with Crippen LogP contribution in [0.2, 0.25) is 0 Å². The van der Waals surface area contributed by atoms with Crippen LogP contribution in [-0.4, -0.2) is 53.3 Å². The van der Waals surface area contributed by atoms with E-state index in [2.05, 4.69) is 10.3 Å². The standard InChI is InChI=1S/C21H23N5O7S/c1-4-25(5-2)34(31,32)15-7-9-19(33-3)18(11-15)23-20(27)12-24-13-22-17-10-14(26(29)30)6-8-16(17)21(24)28/h6-11,13H,4-5,12H2,1-3H3,(H,23,27). The zero-order chi connectivity index (χ0) is 25.0. The number of sulfonamides is 1. The molecule has 12 nitrogen and oxygen atoms in total. The first-order chi connectivity index (χ1) is 16.1. The van der Waals surface area contributed by atoms with Crippen molar-refractivity contribution in [2.24, 2.45) is 0 Å². The Hall–Kier alpha value is -3.84. The fraction of sp³-hybridized carbons (Fsp3) is 0.286. The molecule has 0 saturated carbocycles. The highest BCUT2D eigenvalue weighted by Crippen LogP contribution is 2.29. The van der Waals surface area contributed by atoms with E-state index in [-0.39, 0.29) is 46.0 Å². The van der Waals surface area contributed by atoms with Gasteiger partial charge >= 0.3 is 0 Å². The number of benzene rings is 2. The van der Waals surface area contributed by atoms with Crippen LogP contribution in [0.25, 0.3) is 10.9 Å². The summed E-state index contributed by atoms with van der Waals surface area (Å²) in [5, 5.41) is 13.6. The summed E-state index contributed by atoms with van der Waals surface area (Å²) in [5.41, 5.74) is -0.508. The van der Waals surface area contributed by atoms with E-state index >= 15 is 0 Å². The lowest BCUT2D eigenvalue weighted by Crippen LogP contribution is -2.31. The Balaban J connectivity index is 1.89. The number of hydrogen-bond acceptors (Lipinski definition) is 8. The maximum atomic E-state index is 12.8. The van der Waals surface area contributed by atoms with Gasteiger partial charge in [0.2, 0.25) is 15.9 Å². The summed E-state index contributed by atoms with van der Waals surface area (Å²) in [7, 11) is -2.40. The van der Waals surface area contributed by atoms with Crippen LogP contribution in [0.5, 0.6) is 5.75 Å². The van der Waals surface area contributed by atoms with Crippen LogP contribution in [0.4, 0.5) is 11.4 Å². The Kier molecular flexibility index (Phi) is 7.27. The van der Waals surface area contributed by atoms with E-state index < -0.39 is 33.0 Å². The third-order valence-corrected chi connectivity index (χ3v) is 7.17. The van der Waals surface area contributed by atoms with Crippen molar-refractivity contribution >= 4 is 38.2 Å². The van der Waals surface area contributed by atoms with E-state index in [4.69, 9.17) is 4.74 Å². The SMILES string of the molecule is CCN(CC)S(=O)(=O)c1ccc(OC)c(NC(=O)Cn2cnc3cc([N+](=O)[O-])ccc3c2=O)c1. The topological polar surface area (TPSA) is 154 Å². The largest absolute Gasteiger partial charge is 0.495 e. The average molecular weight is 490 g/mol. The minimum atomic E-state index is -3.77. The van der Waals surface area contributed by atoms with Crippen LogP contribution in [-0.2, 0) is 21.4 Å². The molecule has 0 fully saturated rings. The number of nitrogens with zero attached hydrogens (tertiary/aromatic N) is 4. The molecule has 0 unspecified atom stereocenters. The highest BCUT2D eigenvalue weighted by molar-refractivity contribution is 7.89. The molecule has 0 bridgehead atoms. The fourth-order valence-corrected chi connectivity index (χ4v) is 4.86. The van der Waals surface area contributed by atoms with E-state index in [1.807, 2.05) is 0 Å². The van der Waals surface area contributed by atoms with E-state index in [9.17, 15) is 28.1 Å². The third kappa shape index (κ3) is 4.89.